The van der Waals surface area contributed by atoms with Gasteiger partial charge in [0.15, 0.2) is 5.82 Å². The summed E-state index contributed by atoms with van der Waals surface area (Å²) in [7, 11) is 0. The fourth-order valence-corrected chi connectivity index (χ4v) is 9.29. The number of aromatic nitrogens is 2. The van der Waals surface area contributed by atoms with Crippen LogP contribution in [0.1, 0.15) is 67.9 Å². The number of anilines is 3. The zero-order valence-corrected chi connectivity index (χ0v) is 24.3. The number of nitrogen functional groups attached to an aromatic ring is 1. The highest BCUT2D eigenvalue weighted by Crippen LogP contribution is 2.51. The van der Waals surface area contributed by atoms with Gasteiger partial charge in [-0.3, -0.25) is 4.90 Å². The number of rotatable bonds is 5. The van der Waals surface area contributed by atoms with E-state index in [1.807, 2.05) is 4.90 Å². The van der Waals surface area contributed by atoms with Gasteiger partial charge in [0.2, 0.25) is 11.8 Å². The lowest BCUT2D eigenvalue weighted by atomic mass is 9.66. The largest absolute Gasteiger partial charge is 0.473 e. The molecule has 6 heterocycles. The lowest BCUT2D eigenvalue weighted by molar-refractivity contribution is 0.0444. The van der Waals surface area contributed by atoms with E-state index in [0.29, 0.717) is 62.0 Å². The van der Waals surface area contributed by atoms with Gasteiger partial charge in [-0.15, -0.1) is 11.3 Å². The summed E-state index contributed by atoms with van der Waals surface area (Å²) in [6.45, 7) is 5.19. The molecule has 0 radical (unpaired) electrons. The molecule has 4 aliphatic heterocycles. The first-order valence-corrected chi connectivity index (χ1v) is 15.6. The fourth-order valence-electron chi connectivity index (χ4n) is 8.10. The first kappa shape index (κ1) is 27.1. The van der Waals surface area contributed by atoms with Crippen molar-refractivity contribution in [2.24, 2.45) is 0 Å². The highest BCUT2D eigenvalue weighted by molar-refractivity contribution is 7.16. The topological polar surface area (TPSA) is 115 Å². The number of ether oxygens (including phenoxy) is 1. The standard InChI is InChI=1S/C29H37F2N7O2S/c1-27(39)6-3-9-36(14-27)24-22(31)25(40-17-29-8-4-10-38(29)13-18(30)11-29)35-26(34-24)37-15-28(16-37)7-2-5-20-21(28)19(12-32)23(33)41-20/h18,39H,2-11,13-17,33H2,1H3/t18-,27-,29+/m1/s1. The van der Waals surface area contributed by atoms with Gasteiger partial charge in [0.05, 0.1) is 16.7 Å². The molecule has 1 spiro atoms. The summed E-state index contributed by atoms with van der Waals surface area (Å²) in [5.74, 6) is -0.267. The quantitative estimate of drug-likeness (QED) is 0.544. The van der Waals surface area contributed by atoms with Crippen molar-refractivity contribution >= 4 is 28.1 Å². The molecule has 2 aromatic rings. The molecule has 7 rings (SSSR count). The van der Waals surface area contributed by atoms with Crippen molar-refractivity contribution in [1.29, 1.82) is 5.26 Å². The number of halogens is 2. The fraction of sp³-hybridized carbons (Fsp3) is 0.690. The second-order valence-electron chi connectivity index (χ2n) is 13.1. The minimum atomic E-state index is -0.952. The molecule has 3 atom stereocenters. The first-order chi connectivity index (χ1) is 19.6. The van der Waals surface area contributed by atoms with E-state index >= 15 is 4.39 Å². The van der Waals surface area contributed by atoms with Crippen LogP contribution in [-0.4, -0.2) is 83.2 Å². The van der Waals surface area contributed by atoms with Gasteiger partial charge >= 0.3 is 0 Å². The van der Waals surface area contributed by atoms with Gasteiger partial charge in [0.25, 0.3) is 5.88 Å². The number of hydrogen-bond acceptors (Lipinski definition) is 10. The Labute approximate surface area is 242 Å². The molecule has 41 heavy (non-hydrogen) atoms. The van der Waals surface area contributed by atoms with Crippen LogP contribution in [0.5, 0.6) is 5.88 Å². The SMILES string of the molecule is C[C@@]1(O)CCCN(c2nc(N3CC4(CCCc5sc(N)c(C#N)c54)C3)nc(OC[C@@]34CCCN3C[C@H](F)C4)c2F)C1. The third-order valence-corrected chi connectivity index (χ3v) is 11.1. The van der Waals surface area contributed by atoms with Gasteiger partial charge in [-0.05, 0) is 64.0 Å². The van der Waals surface area contributed by atoms with Gasteiger partial charge in [0.1, 0.15) is 23.8 Å². The molecule has 2 aromatic heterocycles. The molecule has 1 aliphatic carbocycles. The van der Waals surface area contributed by atoms with Crippen LogP contribution in [0.4, 0.5) is 25.5 Å². The monoisotopic (exact) mass is 585 g/mol. The molecule has 4 saturated heterocycles. The number of nitrogens with two attached hydrogens (primary N) is 1. The smallest absolute Gasteiger partial charge is 0.257 e. The maximum absolute atomic E-state index is 16.1. The predicted molar refractivity (Wildman–Crippen MR) is 153 cm³/mol. The van der Waals surface area contributed by atoms with Crippen LogP contribution in [0.3, 0.4) is 0 Å². The molecule has 5 aliphatic rings. The summed E-state index contributed by atoms with van der Waals surface area (Å²) in [4.78, 5) is 16.4. The molecule has 9 nitrogen and oxygen atoms in total. The highest BCUT2D eigenvalue weighted by Gasteiger charge is 2.52. The molecule has 0 aromatic carbocycles. The van der Waals surface area contributed by atoms with E-state index in [0.717, 1.165) is 44.2 Å². The number of piperidine rings is 1. The normalized spacial score (nSPS) is 30.7. The lowest BCUT2D eigenvalue weighted by Gasteiger charge is -2.52. The number of β-amino-alcohol motifs (C(OH)–C–C–N with tert-alkyl or cyclic N) is 1. The summed E-state index contributed by atoms with van der Waals surface area (Å²) in [6.07, 6.45) is 5.50. The molecule has 0 bridgehead atoms. The van der Waals surface area contributed by atoms with Gasteiger partial charge in [-0.1, -0.05) is 0 Å². The van der Waals surface area contributed by atoms with Crippen molar-refractivity contribution in [3.63, 3.8) is 0 Å². The highest BCUT2D eigenvalue weighted by atomic mass is 32.1. The molecule has 220 valence electrons. The lowest BCUT2D eigenvalue weighted by Crippen LogP contribution is -2.61. The molecule has 3 N–H and O–H groups in total. The Morgan fingerprint density at radius 1 is 1.15 bits per heavy atom. The van der Waals surface area contributed by atoms with Crippen LogP contribution >= 0.6 is 11.3 Å². The summed E-state index contributed by atoms with van der Waals surface area (Å²) in [6, 6.07) is 2.33. The van der Waals surface area contributed by atoms with Gasteiger partial charge < -0.3 is 25.4 Å². The van der Waals surface area contributed by atoms with Crippen LogP contribution in [0.2, 0.25) is 0 Å². The molecule has 0 saturated carbocycles. The van der Waals surface area contributed by atoms with E-state index < -0.39 is 23.1 Å². The Bertz CT molecular complexity index is 1400. The summed E-state index contributed by atoms with van der Waals surface area (Å²) < 4.78 is 36.6. The summed E-state index contributed by atoms with van der Waals surface area (Å²) in [5.41, 5.74) is 6.28. The Morgan fingerprint density at radius 2 is 1.95 bits per heavy atom. The zero-order chi connectivity index (χ0) is 28.6. The van der Waals surface area contributed by atoms with Gasteiger partial charge in [-0.25, -0.2) is 4.39 Å². The van der Waals surface area contributed by atoms with Crippen molar-refractivity contribution in [3.8, 4) is 11.9 Å². The van der Waals surface area contributed by atoms with Crippen LogP contribution in [-0.2, 0) is 11.8 Å². The van der Waals surface area contributed by atoms with E-state index in [1.54, 1.807) is 11.8 Å². The van der Waals surface area contributed by atoms with Crippen LogP contribution in [0, 0.1) is 17.1 Å². The second kappa shape index (κ2) is 9.64. The second-order valence-corrected chi connectivity index (χ2v) is 14.2. The van der Waals surface area contributed by atoms with Crippen molar-refractivity contribution in [2.75, 3.05) is 61.4 Å². The minimum Gasteiger partial charge on any atom is -0.473 e. The molecular formula is C29H37F2N7O2S. The Kier molecular flexibility index (Phi) is 6.37. The van der Waals surface area contributed by atoms with Crippen molar-refractivity contribution in [2.45, 2.75) is 81.0 Å². The van der Waals surface area contributed by atoms with E-state index in [2.05, 4.69) is 16.0 Å². The van der Waals surface area contributed by atoms with Crippen LogP contribution in [0.15, 0.2) is 0 Å². The number of aliphatic hydroxyl groups is 1. The van der Waals surface area contributed by atoms with E-state index in [-0.39, 0.29) is 30.3 Å². The predicted octanol–water partition coefficient (Wildman–Crippen LogP) is 3.53. The molecule has 0 unspecified atom stereocenters. The van der Waals surface area contributed by atoms with E-state index in [1.165, 1.54) is 16.2 Å². The maximum atomic E-state index is 16.1. The Hall–Kier alpha value is -2.75. The van der Waals surface area contributed by atoms with Gasteiger partial charge in [0, 0.05) is 49.4 Å². The van der Waals surface area contributed by atoms with Crippen molar-refractivity contribution in [3.05, 3.63) is 21.8 Å². The number of aryl methyl sites for hydroxylation is 1. The zero-order valence-electron chi connectivity index (χ0n) is 23.5. The minimum absolute atomic E-state index is 0.124. The Balaban J connectivity index is 1.20. The van der Waals surface area contributed by atoms with Crippen LogP contribution < -0.4 is 20.3 Å². The number of thiophene rings is 1. The first-order valence-electron chi connectivity index (χ1n) is 14.8. The number of alkyl halides is 1. The van der Waals surface area contributed by atoms with Crippen LogP contribution in [0.25, 0.3) is 0 Å². The average Bonchev–Trinajstić information content (AvgIpc) is 3.54. The van der Waals surface area contributed by atoms with E-state index in [4.69, 9.17) is 15.5 Å². The van der Waals surface area contributed by atoms with Crippen molar-refractivity contribution in [1.82, 2.24) is 14.9 Å². The number of fused-ring (bicyclic) bond motifs is 3. The summed E-state index contributed by atoms with van der Waals surface area (Å²) >= 11 is 1.52. The molecule has 12 heteroatoms. The van der Waals surface area contributed by atoms with Gasteiger partial charge in [-0.2, -0.15) is 19.6 Å². The van der Waals surface area contributed by atoms with Crippen molar-refractivity contribution < 1.29 is 18.6 Å². The molecular weight excluding hydrogens is 548 g/mol. The number of nitriles is 1. The molecule has 0 amide bonds. The third-order valence-electron chi connectivity index (χ3n) is 9.98. The number of nitrogens with zero attached hydrogens (tertiary/aromatic N) is 6. The Morgan fingerprint density at radius 3 is 2.73 bits per heavy atom. The maximum Gasteiger partial charge on any atom is 0.257 e. The molecule has 4 fully saturated rings. The average molecular weight is 586 g/mol. The summed E-state index contributed by atoms with van der Waals surface area (Å²) in [5, 5.41) is 21.2. The third kappa shape index (κ3) is 4.43. The number of hydrogen-bond donors (Lipinski definition) is 2. The van der Waals surface area contributed by atoms with E-state index in [9.17, 15) is 14.8 Å².